The van der Waals surface area contributed by atoms with Crippen LogP contribution in [0.4, 0.5) is 0 Å². The first kappa shape index (κ1) is 15.9. The largest absolute Gasteiger partial charge is 0.469 e. The van der Waals surface area contributed by atoms with Gasteiger partial charge in [0.2, 0.25) is 5.91 Å². The highest BCUT2D eigenvalue weighted by Gasteiger charge is 2.30. The maximum Gasteiger partial charge on any atom is 0.312 e. The van der Waals surface area contributed by atoms with Gasteiger partial charge < -0.3 is 10.1 Å². The second-order valence-electron chi connectivity index (χ2n) is 4.90. The van der Waals surface area contributed by atoms with Crippen molar-refractivity contribution in [3.05, 3.63) is 0 Å². The van der Waals surface area contributed by atoms with Crippen LogP contribution in [0.3, 0.4) is 0 Å². The van der Waals surface area contributed by atoms with Crippen molar-refractivity contribution in [2.45, 2.75) is 27.2 Å². The molecule has 0 aromatic carbocycles. The predicted octanol–water partition coefficient (Wildman–Crippen LogP) is 0.644. The van der Waals surface area contributed by atoms with Gasteiger partial charge in [0.05, 0.1) is 19.1 Å². The highest BCUT2D eigenvalue weighted by molar-refractivity contribution is 5.78. The van der Waals surface area contributed by atoms with E-state index in [-0.39, 0.29) is 11.9 Å². The van der Waals surface area contributed by atoms with Crippen molar-refractivity contribution in [1.29, 1.82) is 0 Å². The van der Waals surface area contributed by atoms with Crippen LogP contribution in [0.5, 0.6) is 0 Å². The van der Waals surface area contributed by atoms with E-state index >= 15 is 0 Å². The van der Waals surface area contributed by atoms with Crippen LogP contribution in [-0.4, -0.2) is 50.6 Å². The van der Waals surface area contributed by atoms with Gasteiger partial charge in [0.1, 0.15) is 0 Å². The molecule has 0 aliphatic carbocycles. The summed E-state index contributed by atoms with van der Waals surface area (Å²) in [5.41, 5.74) is -0.603. The standard InChI is InChI=1S/C12H24N2O3/c1-6-7-13-10(15)8-14(4)9-12(2,3)11(16)17-5/h6-9H2,1-5H3,(H,13,15). The molecule has 0 unspecified atom stereocenters. The molecular formula is C12H24N2O3. The summed E-state index contributed by atoms with van der Waals surface area (Å²) >= 11 is 0. The molecule has 0 saturated heterocycles. The lowest BCUT2D eigenvalue weighted by Gasteiger charge is -2.27. The van der Waals surface area contributed by atoms with Gasteiger partial charge in [0.25, 0.3) is 0 Å². The van der Waals surface area contributed by atoms with Gasteiger partial charge >= 0.3 is 5.97 Å². The molecule has 5 nitrogen and oxygen atoms in total. The number of nitrogens with one attached hydrogen (secondary N) is 1. The SMILES string of the molecule is CCCNC(=O)CN(C)CC(C)(C)C(=O)OC. The van der Waals surface area contributed by atoms with E-state index in [2.05, 4.69) is 5.32 Å². The average Bonchev–Trinajstić information content (AvgIpc) is 2.23. The number of esters is 1. The Bertz CT molecular complexity index is 264. The molecule has 0 heterocycles. The van der Waals surface area contributed by atoms with Crippen LogP contribution >= 0.6 is 0 Å². The fraction of sp³-hybridized carbons (Fsp3) is 0.833. The Morgan fingerprint density at radius 1 is 1.35 bits per heavy atom. The Morgan fingerprint density at radius 2 is 1.94 bits per heavy atom. The second-order valence-corrected chi connectivity index (χ2v) is 4.90. The number of methoxy groups -OCH3 is 1. The van der Waals surface area contributed by atoms with Gasteiger partial charge in [-0.3, -0.25) is 14.5 Å². The quantitative estimate of drug-likeness (QED) is 0.668. The minimum absolute atomic E-state index is 0.0185. The molecule has 0 aromatic rings. The zero-order valence-corrected chi connectivity index (χ0v) is 11.5. The van der Waals surface area contributed by atoms with E-state index in [0.717, 1.165) is 6.42 Å². The topological polar surface area (TPSA) is 58.6 Å². The number of rotatable bonds is 7. The summed E-state index contributed by atoms with van der Waals surface area (Å²) in [6, 6.07) is 0. The van der Waals surface area contributed by atoms with Gasteiger partial charge in [0, 0.05) is 13.1 Å². The Hall–Kier alpha value is -1.10. The molecule has 0 aliphatic heterocycles. The first-order valence-corrected chi connectivity index (χ1v) is 5.87. The molecule has 1 N–H and O–H groups in total. The van der Waals surface area contributed by atoms with E-state index in [1.54, 1.807) is 13.8 Å². The van der Waals surface area contributed by atoms with Gasteiger partial charge in [-0.25, -0.2) is 0 Å². The normalized spacial score (nSPS) is 11.4. The fourth-order valence-corrected chi connectivity index (χ4v) is 1.64. The van der Waals surface area contributed by atoms with Crippen LogP contribution in [0.25, 0.3) is 0 Å². The Labute approximate surface area is 103 Å². The lowest BCUT2D eigenvalue weighted by atomic mass is 9.93. The lowest BCUT2D eigenvalue weighted by Crippen LogP contribution is -2.42. The van der Waals surface area contributed by atoms with Gasteiger partial charge in [-0.05, 0) is 27.3 Å². The number of carbonyl (C=O) groups is 2. The van der Waals surface area contributed by atoms with E-state index in [1.165, 1.54) is 7.11 Å². The van der Waals surface area contributed by atoms with Crippen molar-refractivity contribution in [3.63, 3.8) is 0 Å². The molecule has 100 valence electrons. The molecule has 0 saturated carbocycles. The maximum absolute atomic E-state index is 11.5. The number of hydrogen-bond donors (Lipinski definition) is 1. The van der Waals surface area contributed by atoms with E-state index in [9.17, 15) is 9.59 Å². The van der Waals surface area contributed by atoms with Gasteiger partial charge in [-0.2, -0.15) is 0 Å². The average molecular weight is 244 g/mol. The summed E-state index contributed by atoms with van der Waals surface area (Å²) in [6.45, 7) is 7.08. The number of carbonyl (C=O) groups excluding carboxylic acids is 2. The van der Waals surface area contributed by atoms with Crippen LogP contribution in [0.1, 0.15) is 27.2 Å². The van der Waals surface area contributed by atoms with Crippen LogP contribution in [0.2, 0.25) is 0 Å². The highest BCUT2D eigenvalue weighted by atomic mass is 16.5. The summed E-state index contributed by atoms with van der Waals surface area (Å²) in [5.74, 6) is -0.284. The highest BCUT2D eigenvalue weighted by Crippen LogP contribution is 2.17. The summed E-state index contributed by atoms with van der Waals surface area (Å²) in [6.07, 6.45) is 0.920. The Morgan fingerprint density at radius 3 is 2.41 bits per heavy atom. The van der Waals surface area contributed by atoms with Gasteiger partial charge in [-0.15, -0.1) is 0 Å². The summed E-state index contributed by atoms with van der Waals surface area (Å²) in [5, 5.41) is 2.80. The van der Waals surface area contributed by atoms with Crippen molar-refractivity contribution in [2.24, 2.45) is 5.41 Å². The molecule has 17 heavy (non-hydrogen) atoms. The molecule has 1 amide bonds. The number of ether oxygens (including phenoxy) is 1. The van der Waals surface area contributed by atoms with Crippen molar-refractivity contribution < 1.29 is 14.3 Å². The van der Waals surface area contributed by atoms with Crippen LogP contribution in [0.15, 0.2) is 0 Å². The Kier molecular flexibility index (Phi) is 6.80. The van der Waals surface area contributed by atoms with Gasteiger partial charge in [-0.1, -0.05) is 6.92 Å². The van der Waals surface area contributed by atoms with Crippen LogP contribution in [0, 0.1) is 5.41 Å². The first-order valence-electron chi connectivity index (χ1n) is 5.87. The minimum atomic E-state index is -0.603. The van der Waals surface area contributed by atoms with E-state index in [0.29, 0.717) is 19.6 Å². The lowest BCUT2D eigenvalue weighted by molar-refractivity contribution is -0.152. The smallest absolute Gasteiger partial charge is 0.312 e. The molecule has 0 atom stereocenters. The molecule has 0 aromatic heterocycles. The monoisotopic (exact) mass is 244 g/mol. The number of nitrogens with zero attached hydrogens (tertiary/aromatic N) is 1. The number of likely N-dealkylation sites (N-methyl/N-ethyl adjacent to an activating group) is 1. The maximum atomic E-state index is 11.5. The van der Waals surface area contributed by atoms with Gasteiger partial charge in [0.15, 0.2) is 0 Å². The van der Waals surface area contributed by atoms with Crippen molar-refractivity contribution >= 4 is 11.9 Å². The molecule has 0 radical (unpaired) electrons. The molecular weight excluding hydrogens is 220 g/mol. The van der Waals surface area contributed by atoms with Crippen molar-refractivity contribution in [2.75, 3.05) is 33.8 Å². The van der Waals surface area contributed by atoms with Crippen LogP contribution < -0.4 is 5.32 Å². The zero-order chi connectivity index (χ0) is 13.5. The minimum Gasteiger partial charge on any atom is -0.469 e. The third-order valence-electron chi connectivity index (χ3n) is 2.39. The van der Waals surface area contributed by atoms with Crippen LogP contribution in [-0.2, 0) is 14.3 Å². The second kappa shape index (κ2) is 7.27. The first-order chi connectivity index (χ1) is 7.83. The molecule has 0 fully saturated rings. The van der Waals surface area contributed by atoms with E-state index in [4.69, 9.17) is 4.74 Å². The van der Waals surface area contributed by atoms with E-state index in [1.807, 2.05) is 18.9 Å². The van der Waals surface area contributed by atoms with Crippen molar-refractivity contribution in [3.8, 4) is 0 Å². The number of amides is 1. The Balaban J connectivity index is 4.12. The third kappa shape index (κ3) is 6.26. The molecule has 0 rings (SSSR count). The van der Waals surface area contributed by atoms with Crippen molar-refractivity contribution in [1.82, 2.24) is 10.2 Å². The number of hydrogen-bond acceptors (Lipinski definition) is 4. The molecule has 0 spiro atoms. The summed E-state index contributed by atoms with van der Waals surface area (Å²) in [4.78, 5) is 24.8. The van der Waals surface area contributed by atoms with E-state index < -0.39 is 5.41 Å². The molecule has 5 heteroatoms. The predicted molar refractivity (Wildman–Crippen MR) is 66.6 cm³/mol. The third-order valence-corrected chi connectivity index (χ3v) is 2.39. The molecule has 0 bridgehead atoms. The summed E-state index contributed by atoms with van der Waals surface area (Å²) < 4.78 is 4.72. The molecule has 0 aliphatic rings. The fourth-order valence-electron chi connectivity index (χ4n) is 1.64. The zero-order valence-electron chi connectivity index (χ0n) is 11.5. The summed E-state index contributed by atoms with van der Waals surface area (Å²) in [7, 11) is 3.19.